The predicted molar refractivity (Wildman–Crippen MR) is 76.7 cm³/mol. The van der Waals surface area contributed by atoms with Crippen LogP contribution in [0.1, 0.15) is 10.4 Å². The van der Waals surface area contributed by atoms with E-state index in [9.17, 15) is 4.79 Å². The SMILES string of the molecule is C=CCNC(=O)c1cccnc1.OC[C@H]1OC(O)[C@H](O)[C@@H]1O. The molecular formula is C14H20N2O6. The Bertz CT molecular complexity index is 470. The zero-order chi connectivity index (χ0) is 16.5. The summed E-state index contributed by atoms with van der Waals surface area (Å²) in [7, 11) is 0. The zero-order valence-electron chi connectivity index (χ0n) is 11.9. The Kier molecular flexibility index (Phi) is 7.64. The van der Waals surface area contributed by atoms with E-state index in [4.69, 9.17) is 20.4 Å². The molecule has 0 aliphatic carbocycles. The Balaban J connectivity index is 0.000000224. The van der Waals surface area contributed by atoms with Crippen LogP contribution in [0.15, 0.2) is 37.2 Å². The monoisotopic (exact) mass is 312 g/mol. The highest BCUT2D eigenvalue weighted by atomic mass is 16.6. The first kappa shape index (κ1) is 18.2. The first-order valence-electron chi connectivity index (χ1n) is 6.61. The number of rotatable bonds is 4. The fraction of sp³-hybridized carbons (Fsp3) is 0.429. The Morgan fingerprint density at radius 2 is 2.14 bits per heavy atom. The molecule has 4 atom stereocenters. The van der Waals surface area contributed by atoms with Gasteiger partial charge in [-0.05, 0) is 12.1 Å². The highest BCUT2D eigenvalue weighted by molar-refractivity contribution is 5.93. The number of carbonyl (C=O) groups is 1. The maximum absolute atomic E-state index is 11.2. The van der Waals surface area contributed by atoms with Crippen LogP contribution in [0, 0.1) is 0 Å². The second-order valence-electron chi connectivity index (χ2n) is 4.47. The number of hydrogen-bond donors (Lipinski definition) is 5. The van der Waals surface area contributed by atoms with Gasteiger partial charge in [-0.15, -0.1) is 6.58 Å². The van der Waals surface area contributed by atoms with Crippen LogP contribution in [0.25, 0.3) is 0 Å². The van der Waals surface area contributed by atoms with Gasteiger partial charge in [0.05, 0.1) is 12.2 Å². The average molecular weight is 312 g/mol. The number of carbonyl (C=O) groups excluding carboxylic acids is 1. The van der Waals surface area contributed by atoms with E-state index < -0.39 is 31.2 Å². The van der Waals surface area contributed by atoms with Crippen molar-refractivity contribution in [2.75, 3.05) is 13.2 Å². The Morgan fingerprint density at radius 3 is 2.55 bits per heavy atom. The molecule has 1 aromatic rings. The number of amides is 1. The summed E-state index contributed by atoms with van der Waals surface area (Å²) in [6, 6.07) is 3.44. The number of pyridine rings is 1. The second-order valence-corrected chi connectivity index (χ2v) is 4.47. The highest BCUT2D eigenvalue weighted by Crippen LogP contribution is 2.18. The van der Waals surface area contributed by atoms with E-state index in [1.807, 2.05) is 0 Å². The van der Waals surface area contributed by atoms with E-state index in [0.29, 0.717) is 12.1 Å². The lowest BCUT2D eigenvalue weighted by atomic mass is 10.1. The third kappa shape index (κ3) is 5.17. The van der Waals surface area contributed by atoms with Crippen LogP contribution < -0.4 is 5.32 Å². The van der Waals surface area contributed by atoms with Crippen LogP contribution in [0.3, 0.4) is 0 Å². The maximum atomic E-state index is 11.2. The minimum absolute atomic E-state index is 0.122. The van der Waals surface area contributed by atoms with Crippen LogP contribution in [0.5, 0.6) is 0 Å². The van der Waals surface area contributed by atoms with Crippen LogP contribution >= 0.6 is 0 Å². The van der Waals surface area contributed by atoms with E-state index in [-0.39, 0.29) is 5.91 Å². The van der Waals surface area contributed by atoms with Gasteiger partial charge in [0.2, 0.25) is 0 Å². The third-order valence-corrected chi connectivity index (χ3v) is 2.85. The highest BCUT2D eigenvalue weighted by Gasteiger charge is 2.41. The van der Waals surface area contributed by atoms with Crippen molar-refractivity contribution in [3.8, 4) is 0 Å². The van der Waals surface area contributed by atoms with Gasteiger partial charge in [-0.25, -0.2) is 0 Å². The number of hydrogen-bond acceptors (Lipinski definition) is 7. The van der Waals surface area contributed by atoms with Crippen molar-refractivity contribution >= 4 is 5.91 Å². The van der Waals surface area contributed by atoms with E-state index in [1.165, 1.54) is 6.20 Å². The predicted octanol–water partition coefficient (Wildman–Crippen LogP) is -1.58. The average Bonchev–Trinajstić information content (AvgIpc) is 2.81. The van der Waals surface area contributed by atoms with Crippen LogP contribution in [-0.4, -0.2) is 69.1 Å². The van der Waals surface area contributed by atoms with Crippen molar-refractivity contribution < 1.29 is 30.0 Å². The molecule has 0 aromatic carbocycles. The molecule has 1 aromatic heterocycles. The molecule has 1 fully saturated rings. The van der Waals surface area contributed by atoms with Gasteiger partial charge in [-0.3, -0.25) is 9.78 Å². The number of aromatic nitrogens is 1. The van der Waals surface area contributed by atoms with Gasteiger partial charge in [-0.2, -0.15) is 0 Å². The molecule has 122 valence electrons. The van der Waals surface area contributed by atoms with E-state index in [2.05, 4.69) is 21.6 Å². The van der Waals surface area contributed by atoms with Gasteiger partial charge >= 0.3 is 0 Å². The van der Waals surface area contributed by atoms with Crippen LogP contribution in [-0.2, 0) is 4.74 Å². The van der Waals surface area contributed by atoms with Gasteiger partial charge in [0, 0.05) is 18.9 Å². The summed E-state index contributed by atoms with van der Waals surface area (Å²) in [6.45, 7) is 3.57. The summed E-state index contributed by atoms with van der Waals surface area (Å²) in [4.78, 5) is 15.0. The van der Waals surface area contributed by atoms with Crippen LogP contribution in [0.4, 0.5) is 0 Å². The summed E-state index contributed by atoms with van der Waals surface area (Å²) in [5, 5.41) is 37.6. The van der Waals surface area contributed by atoms with E-state index in [1.54, 1.807) is 24.4 Å². The molecule has 2 heterocycles. The third-order valence-electron chi connectivity index (χ3n) is 2.85. The van der Waals surface area contributed by atoms with Gasteiger partial charge in [0.25, 0.3) is 5.91 Å². The van der Waals surface area contributed by atoms with Crippen LogP contribution in [0.2, 0.25) is 0 Å². The van der Waals surface area contributed by atoms with Crippen molar-refractivity contribution in [3.63, 3.8) is 0 Å². The summed E-state index contributed by atoms with van der Waals surface area (Å²) in [5.41, 5.74) is 0.569. The van der Waals surface area contributed by atoms with Gasteiger partial charge in [0.15, 0.2) is 6.29 Å². The molecule has 1 aliphatic rings. The first-order chi connectivity index (χ1) is 10.5. The molecule has 1 saturated heterocycles. The molecule has 0 spiro atoms. The topological polar surface area (TPSA) is 132 Å². The summed E-state index contributed by atoms with van der Waals surface area (Å²) >= 11 is 0. The molecule has 0 saturated carbocycles. The number of ether oxygens (including phenoxy) is 1. The fourth-order valence-electron chi connectivity index (χ4n) is 1.64. The van der Waals surface area contributed by atoms with Gasteiger partial charge in [0.1, 0.15) is 18.3 Å². The Labute approximate surface area is 127 Å². The largest absolute Gasteiger partial charge is 0.394 e. The summed E-state index contributed by atoms with van der Waals surface area (Å²) in [5.74, 6) is -0.122. The molecule has 5 N–H and O–H groups in total. The summed E-state index contributed by atoms with van der Waals surface area (Å²) < 4.78 is 4.54. The molecule has 0 radical (unpaired) electrons. The quantitative estimate of drug-likeness (QED) is 0.424. The molecule has 1 unspecified atom stereocenters. The van der Waals surface area contributed by atoms with Crippen molar-refractivity contribution in [1.82, 2.24) is 10.3 Å². The minimum Gasteiger partial charge on any atom is -0.394 e. The van der Waals surface area contributed by atoms with Crippen molar-refractivity contribution in [2.45, 2.75) is 24.6 Å². The molecule has 8 heteroatoms. The van der Waals surface area contributed by atoms with Crippen molar-refractivity contribution in [2.24, 2.45) is 0 Å². The molecule has 1 amide bonds. The molecule has 0 bridgehead atoms. The standard InChI is InChI=1S/C9H10N2O.C5H10O5/c1-2-5-11-9(12)8-4-3-6-10-7-8;6-1-2-3(7)4(8)5(9)10-2/h2-4,6-7H,1,5H2,(H,11,12);2-9H,1H2/t;2-,3-,4-,5?/m.1/s1. The second kappa shape index (κ2) is 9.23. The number of aliphatic hydroxyl groups is 4. The first-order valence-corrected chi connectivity index (χ1v) is 6.61. The Morgan fingerprint density at radius 1 is 1.41 bits per heavy atom. The maximum Gasteiger partial charge on any atom is 0.253 e. The number of nitrogens with one attached hydrogen (secondary N) is 1. The van der Waals surface area contributed by atoms with E-state index >= 15 is 0 Å². The molecule has 8 nitrogen and oxygen atoms in total. The molecule has 2 rings (SSSR count). The number of nitrogens with zero attached hydrogens (tertiary/aromatic N) is 1. The van der Waals surface area contributed by atoms with Gasteiger partial charge < -0.3 is 30.5 Å². The number of aliphatic hydroxyl groups excluding tert-OH is 4. The summed E-state index contributed by atoms with van der Waals surface area (Å²) in [6.07, 6.45) is 0.0334. The molecular weight excluding hydrogens is 292 g/mol. The zero-order valence-corrected chi connectivity index (χ0v) is 11.9. The fourth-order valence-corrected chi connectivity index (χ4v) is 1.64. The van der Waals surface area contributed by atoms with E-state index in [0.717, 1.165) is 0 Å². The van der Waals surface area contributed by atoms with Crippen molar-refractivity contribution in [3.05, 3.63) is 42.7 Å². The molecule has 22 heavy (non-hydrogen) atoms. The van der Waals surface area contributed by atoms with Gasteiger partial charge in [-0.1, -0.05) is 6.08 Å². The lowest BCUT2D eigenvalue weighted by Gasteiger charge is -2.09. The smallest absolute Gasteiger partial charge is 0.253 e. The lowest BCUT2D eigenvalue weighted by Crippen LogP contribution is -2.33. The molecule has 1 aliphatic heterocycles. The lowest BCUT2D eigenvalue weighted by molar-refractivity contribution is -0.132. The normalized spacial score (nSPS) is 26.7. The van der Waals surface area contributed by atoms with Crippen molar-refractivity contribution in [1.29, 1.82) is 0 Å². The minimum atomic E-state index is -1.38. The Hall–Kier alpha value is -1.84.